The molecule has 3 aromatic rings. The molecule has 0 bridgehead atoms. The maximum absolute atomic E-state index is 8.83. The Kier molecular flexibility index (Phi) is 3.73. The number of pyridine rings is 2. The van der Waals surface area contributed by atoms with Gasteiger partial charge in [-0.15, -0.1) is 0 Å². The minimum absolute atomic E-state index is 0.0700. The van der Waals surface area contributed by atoms with Crippen LogP contribution in [-0.4, -0.2) is 38.9 Å². The highest BCUT2D eigenvalue weighted by Crippen LogP contribution is 2.31. The van der Waals surface area contributed by atoms with Gasteiger partial charge in [-0.05, 0) is 19.1 Å². The van der Waals surface area contributed by atoms with Crippen LogP contribution >= 0.6 is 0 Å². The quantitative estimate of drug-likeness (QED) is 0.730. The van der Waals surface area contributed by atoms with Gasteiger partial charge in [0, 0.05) is 38.5 Å². The summed E-state index contributed by atoms with van der Waals surface area (Å²) in [4.78, 5) is 10.9. The van der Waals surface area contributed by atoms with Crippen molar-refractivity contribution in [1.82, 2.24) is 19.7 Å². The van der Waals surface area contributed by atoms with E-state index in [4.69, 9.17) is 10.00 Å². The molecule has 1 aliphatic rings. The van der Waals surface area contributed by atoms with Gasteiger partial charge in [0.1, 0.15) is 12.2 Å². The van der Waals surface area contributed by atoms with Crippen LogP contribution in [0.2, 0.25) is 0 Å². The van der Waals surface area contributed by atoms with Crippen molar-refractivity contribution >= 4 is 16.7 Å². The molecule has 1 aliphatic heterocycles. The van der Waals surface area contributed by atoms with Crippen LogP contribution in [0.1, 0.15) is 17.7 Å². The minimum Gasteiger partial charge on any atom is -0.472 e. The summed E-state index contributed by atoms with van der Waals surface area (Å²) in [5, 5.41) is 14.4. The van der Waals surface area contributed by atoms with Crippen molar-refractivity contribution in [2.24, 2.45) is 7.05 Å². The predicted octanol–water partition coefficient (Wildman–Crippen LogP) is 2.20. The largest absolute Gasteiger partial charge is 0.472 e. The summed E-state index contributed by atoms with van der Waals surface area (Å²) in [7, 11) is 1.92. The van der Waals surface area contributed by atoms with Crippen LogP contribution < -0.4 is 9.64 Å². The smallest absolute Gasteiger partial charge is 0.213 e. The minimum atomic E-state index is 0.0700. The number of nitrogens with zero attached hydrogens (tertiary/aromatic N) is 6. The van der Waals surface area contributed by atoms with E-state index in [0.717, 1.165) is 41.9 Å². The first-order valence-electron chi connectivity index (χ1n) is 8.22. The number of aryl methyl sites for hydroxylation is 2. The fourth-order valence-electron chi connectivity index (χ4n) is 3.35. The van der Waals surface area contributed by atoms with Gasteiger partial charge in [0.05, 0.1) is 28.9 Å². The monoisotopic (exact) mass is 334 g/mol. The Labute approximate surface area is 145 Å². The molecular weight excluding hydrogens is 316 g/mol. The Morgan fingerprint density at radius 2 is 2.16 bits per heavy atom. The summed E-state index contributed by atoms with van der Waals surface area (Å²) in [6.45, 7) is 3.71. The first-order chi connectivity index (χ1) is 12.2. The van der Waals surface area contributed by atoms with Crippen LogP contribution in [0.3, 0.4) is 0 Å². The first kappa shape index (κ1) is 15.4. The number of nitriles is 1. The molecule has 1 atom stereocenters. The van der Waals surface area contributed by atoms with Crippen LogP contribution in [0.15, 0.2) is 30.6 Å². The molecule has 1 fully saturated rings. The summed E-state index contributed by atoms with van der Waals surface area (Å²) >= 11 is 0. The van der Waals surface area contributed by atoms with Crippen molar-refractivity contribution in [2.75, 3.05) is 18.0 Å². The Hall–Kier alpha value is -3.14. The fraction of sp³-hybridized carbons (Fsp3) is 0.333. The standard InChI is InChI=1S/C18H18N6O/c1-12-17-15(5-7-20-18(17)23(2)22-12)24-8-6-14(11-24)25-16-4-3-13(9-19)10-21-16/h3-5,7,10,14H,6,8,11H2,1-2H3. The van der Waals surface area contributed by atoms with Gasteiger partial charge in [0.15, 0.2) is 5.65 Å². The first-order valence-corrected chi connectivity index (χ1v) is 8.22. The second-order valence-electron chi connectivity index (χ2n) is 6.21. The maximum atomic E-state index is 8.83. The van der Waals surface area contributed by atoms with Gasteiger partial charge in [-0.1, -0.05) is 0 Å². The molecule has 0 aliphatic carbocycles. The van der Waals surface area contributed by atoms with Gasteiger partial charge in [-0.25, -0.2) is 9.97 Å². The lowest BCUT2D eigenvalue weighted by atomic mass is 10.2. The summed E-state index contributed by atoms with van der Waals surface area (Å²) < 4.78 is 7.79. The predicted molar refractivity (Wildman–Crippen MR) is 93.4 cm³/mol. The molecule has 0 spiro atoms. The molecule has 7 heteroatoms. The van der Waals surface area contributed by atoms with E-state index < -0.39 is 0 Å². The van der Waals surface area contributed by atoms with Crippen LogP contribution in [0.4, 0.5) is 5.69 Å². The molecule has 4 rings (SSSR count). The molecule has 7 nitrogen and oxygen atoms in total. The number of hydrogen-bond acceptors (Lipinski definition) is 6. The number of anilines is 1. The summed E-state index contributed by atoms with van der Waals surface area (Å²) in [5.74, 6) is 0.559. The molecule has 0 aromatic carbocycles. The van der Waals surface area contributed by atoms with Crippen molar-refractivity contribution in [2.45, 2.75) is 19.4 Å². The molecule has 4 heterocycles. The van der Waals surface area contributed by atoms with Crippen LogP contribution in [-0.2, 0) is 7.05 Å². The fourth-order valence-corrected chi connectivity index (χ4v) is 3.35. The zero-order valence-corrected chi connectivity index (χ0v) is 14.2. The normalized spacial score (nSPS) is 17.0. The highest BCUT2D eigenvalue weighted by atomic mass is 16.5. The highest BCUT2D eigenvalue weighted by molar-refractivity contribution is 5.92. The number of aromatic nitrogens is 4. The molecule has 0 saturated carbocycles. The number of rotatable bonds is 3. The van der Waals surface area contributed by atoms with Crippen LogP contribution in [0, 0.1) is 18.3 Å². The summed E-state index contributed by atoms with van der Waals surface area (Å²) in [6.07, 6.45) is 4.36. The van der Waals surface area contributed by atoms with E-state index in [9.17, 15) is 0 Å². The molecule has 1 saturated heterocycles. The molecule has 25 heavy (non-hydrogen) atoms. The van der Waals surface area contributed by atoms with E-state index in [2.05, 4.69) is 26.0 Å². The maximum Gasteiger partial charge on any atom is 0.213 e. The van der Waals surface area contributed by atoms with E-state index in [-0.39, 0.29) is 6.10 Å². The average molecular weight is 334 g/mol. The lowest BCUT2D eigenvalue weighted by Gasteiger charge is -2.19. The molecule has 0 radical (unpaired) electrons. The number of hydrogen-bond donors (Lipinski definition) is 0. The van der Waals surface area contributed by atoms with Gasteiger partial charge in [0.2, 0.25) is 5.88 Å². The zero-order chi connectivity index (χ0) is 17.4. The van der Waals surface area contributed by atoms with E-state index in [1.165, 1.54) is 6.20 Å². The van der Waals surface area contributed by atoms with Crippen molar-refractivity contribution in [1.29, 1.82) is 5.26 Å². The third kappa shape index (κ3) is 2.76. The Balaban J connectivity index is 1.54. The molecule has 0 amide bonds. The summed E-state index contributed by atoms with van der Waals surface area (Å²) in [5.41, 5.74) is 3.56. The molecule has 1 unspecified atom stereocenters. The third-order valence-electron chi connectivity index (χ3n) is 4.52. The lowest BCUT2D eigenvalue weighted by Crippen LogP contribution is -2.25. The summed E-state index contributed by atoms with van der Waals surface area (Å²) in [6, 6.07) is 7.57. The Morgan fingerprint density at radius 1 is 1.28 bits per heavy atom. The van der Waals surface area contributed by atoms with Gasteiger partial charge < -0.3 is 9.64 Å². The van der Waals surface area contributed by atoms with Crippen LogP contribution in [0.25, 0.3) is 11.0 Å². The molecule has 0 N–H and O–H groups in total. The Morgan fingerprint density at radius 3 is 2.92 bits per heavy atom. The van der Waals surface area contributed by atoms with Crippen molar-refractivity contribution in [3.05, 3.63) is 41.9 Å². The van der Waals surface area contributed by atoms with Gasteiger partial charge >= 0.3 is 0 Å². The van der Waals surface area contributed by atoms with Gasteiger partial charge in [-0.3, -0.25) is 4.68 Å². The van der Waals surface area contributed by atoms with Crippen LogP contribution in [0.5, 0.6) is 5.88 Å². The highest BCUT2D eigenvalue weighted by Gasteiger charge is 2.27. The van der Waals surface area contributed by atoms with E-state index in [1.54, 1.807) is 12.1 Å². The van der Waals surface area contributed by atoms with Crippen molar-refractivity contribution in [3.8, 4) is 11.9 Å². The third-order valence-corrected chi connectivity index (χ3v) is 4.52. The number of ether oxygens (including phenoxy) is 1. The van der Waals surface area contributed by atoms with E-state index in [1.807, 2.05) is 30.9 Å². The second kappa shape index (κ2) is 6.06. The molecule has 126 valence electrons. The SMILES string of the molecule is Cc1nn(C)c2nccc(N3CCC(Oc4ccc(C#N)cn4)C3)c12. The lowest BCUT2D eigenvalue weighted by molar-refractivity contribution is 0.216. The Bertz CT molecular complexity index is 956. The topological polar surface area (TPSA) is 79.9 Å². The molecule has 3 aromatic heterocycles. The van der Waals surface area contributed by atoms with E-state index in [0.29, 0.717) is 11.4 Å². The molecular formula is C18H18N6O. The number of fused-ring (bicyclic) bond motifs is 1. The van der Waals surface area contributed by atoms with Gasteiger partial charge in [0.25, 0.3) is 0 Å². The van der Waals surface area contributed by atoms with Gasteiger partial charge in [-0.2, -0.15) is 10.4 Å². The van der Waals surface area contributed by atoms with E-state index >= 15 is 0 Å². The van der Waals surface area contributed by atoms with Crippen molar-refractivity contribution in [3.63, 3.8) is 0 Å². The van der Waals surface area contributed by atoms with Crippen molar-refractivity contribution < 1.29 is 4.74 Å². The average Bonchev–Trinajstić information content (AvgIpc) is 3.20. The second-order valence-corrected chi connectivity index (χ2v) is 6.21. The zero-order valence-electron chi connectivity index (χ0n) is 14.2.